The summed E-state index contributed by atoms with van der Waals surface area (Å²) < 4.78 is 7.62. The van der Waals surface area contributed by atoms with Crippen LogP contribution in [0.1, 0.15) is 18.5 Å². The van der Waals surface area contributed by atoms with E-state index in [2.05, 4.69) is 56.8 Å². The first-order valence-electron chi connectivity index (χ1n) is 12.4. The topological polar surface area (TPSA) is 75.1 Å². The number of hydrogen-bond acceptors (Lipinski definition) is 7. The molecule has 1 aromatic heterocycles. The van der Waals surface area contributed by atoms with Crippen LogP contribution in [0.25, 0.3) is 22.0 Å². The van der Waals surface area contributed by atoms with Crippen molar-refractivity contribution in [3.05, 3.63) is 77.4 Å². The van der Waals surface area contributed by atoms with E-state index in [-0.39, 0.29) is 12.2 Å². The molecule has 4 heterocycles. The predicted molar refractivity (Wildman–Crippen MR) is 143 cm³/mol. The number of ether oxygens (including phenoxy) is 1. The Hall–Kier alpha value is -3.01. The van der Waals surface area contributed by atoms with Gasteiger partial charge in [0.1, 0.15) is 5.82 Å². The lowest BCUT2D eigenvalue weighted by Crippen LogP contribution is -2.45. The average molecular weight is 504 g/mol. The highest BCUT2D eigenvalue weighted by Gasteiger charge is 2.35. The van der Waals surface area contributed by atoms with Gasteiger partial charge in [0.2, 0.25) is 0 Å². The van der Waals surface area contributed by atoms with E-state index in [1.165, 1.54) is 0 Å². The summed E-state index contributed by atoms with van der Waals surface area (Å²) in [5.74, 6) is 0.834. The SMILES string of the molecule is CC(c1cc(Cl)c2cnn(CCN3CCOCC3)c2c1-c1ccccc1)N1C(N)C=C2N=CC=CN21. The fraction of sp³-hybridized carbons (Fsp3) is 0.333. The second-order valence-electron chi connectivity index (χ2n) is 9.31. The molecule has 2 atom stereocenters. The molecule has 36 heavy (non-hydrogen) atoms. The number of nitrogens with zero attached hydrogens (tertiary/aromatic N) is 6. The van der Waals surface area contributed by atoms with E-state index in [1.54, 1.807) is 6.21 Å². The number of hydrogen-bond donors (Lipinski definition) is 1. The molecule has 0 saturated carbocycles. The van der Waals surface area contributed by atoms with Crippen LogP contribution in [0, 0.1) is 0 Å². The van der Waals surface area contributed by atoms with Crippen LogP contribution in [0.3, 0.4) is 0 Å². The number of aromatic nitrogens is 2. The molecule has 186 valence electrons. The Balaban J connectivity index is 1.46. The van der Waals surface area contributed by atoms with E-state index < -0.39 is 0 Å². The summed E-state index contributed by atoms with van der Waals surface area (Å²) in [7, 11) is 0. The summed E-state index contributed by atoms with van der Waals surface area (Å²) >= 11 is 6.91. The van der Waals surface area contributed by atoms with Crippen molar-refractivity contribution in [3.8, 4) is 11.1 Å². The van der Waals surface area contributed by atoms with Crippen molar-refractivity contribution in [3.63, 3.8) is 0 Å². The normalized spacial score (nSPS) is 21.2. The number of morpholine rings is 1. The van der Waals surface area contributed by atoms with Crippen LogP contribution in [-0.2, 0) is 11.3 Å². The summed E-state index contributed by atoms with van der Waals surface area (Å²) in [5.41, 5.74) is 11.0. The van der Waals surface area contributed by atoms with Crippen molar-refractivity contribution in [2.45, 2.75) is 25.7 Å². The Bertz CT molecular complexity index is 1340. The van der Waals surface area contributed by atoms with Crippen molar-refractivity contribution in [2.75, 3.05) is 32.8 Å². The van der Waals surface area contributed by atoms with Gasteiger partial charge in [0, 0.05) is 43.0 Å². The Labute approximate surface area is 215 Å². The lowest BCUT2D eigenvalue weighted by Gasteiger charge is -2.37. The summed E-state index contributed by atoms with van der Waals surface area (Å²) in [6.07, 6.45) is 9.27. The van der Waals surface area contributed by atoms with E-state index in [9.17, 15) is 0 Å². The van der Waals surface area contributed by atoms with E-state index in [0.717, 1.165) is 72.8 Å². The van der Waals surface area contributed by atoms with Gasteiger partial charge in [-0.15, -0.1) is 0 Å². The van der Waals surface area contributed by atoms with Gasteiger partial charge in [-0.1, -0.05) is 41.9 Å². The maximum atomic E-state index is 6.91. The molecule has 2 N–H and O–H groups in total. The Morgan fingerprint density at radius 1 is 1.17 bits per heavy atom. The average Bonchev–Trinajstić information content (AvgIpc) is 3.49. The molecule has 0 spiro atoms. The van der Waals surface area contributed by atoms with Crippen molar-refractivity contribution >= 4 is 28.7 Å². The maximum absolute atomic E-state index is 6.91. The lowest BCUT2D eigenvalue weighted by atomic mass is 9.92. The molecule has 6 rings (SSSR count). The number of halogens is 1. The second-order valence-corrected chi connectivity index (χ2v) is 9.72. The van der Waals surface area contributed by atoms with E-state index in [4.69, 9.17) is 27.2 Å². The summed E-state index contributed by atoms with van der Waals surface area (Å²) in [6.45, 7) is 7.31. The smallest absolute Gasteiger partial charge is 0.146 e. The zero-order valence-corrected chi connectivity index (χ0v) is 21.1. The highest BCUT2D eigenvalue weighted by molar-refractivity contribution is 6.36. The summed E-state index contributed by atoms with van der Waals surface area (Å²) in [5, 5.41) is 10.6. The molecule has 8 nitrogen and oxygen atoms in total. The van der Waals surface area contributed by atoms with Gasteiger partial charge >= 0.3 is 0 Å². The molecule has 9 heteroatoms. The fourth-order valence-corrected chi connectivity index (χ4v) is 5.62. The maximum Gasteiger partial charge on any atom is 0.146 e. The minimum Gasteiger partial charge on any atom is -0.379 e. The number of benzene rings is 2. The Kier molecular flexibility index (Phi) is 6.37. The molecule has 2 aromatic carbocycles. The molecule has 1 saturated heterocycles. The van der Waals surface area contributed by atoms with Crippen molar-refractivity contribution < 1.29 is 4.74 Å². The minimum atomic E-state index is -0.306. The minimum absolute atomic E-state index is 0.0774. The number of nitrogens with two attached hydrogens (primary N) is 1. The zero-order chi connectivity index (χ0) is 24.6. The standard InChI is InChI=1S/C27H30ClN7O/c1-19(35-24(29)17-25-30-8-5-9-34(25)35)21-16-23(28)22-18-31-33(11-10-32-12-14-36-15-13-32)27(22)26(21)20-6-3-2-4-7-20/h2-9,16-19,24H,10-15,29H2,1H3. The number of allylic oxidation sites excluding steroid dienone is 1. The van der Waals surface area contributed by atoms with Crippen LogP contribution >= 0.6 is 11.6 Å². The molecule has 2 unspecified atom stereocenters. The van der Waals surface area contributed by atoms with Crippen LogP contribution in [0.4, 0.5) is 0 Å². The van der Waals surface area contributed by atoms with Crippen LogP contribution in [0.2, 0.25) is 5.02 Å². The number of fused-ring (bicyclic) bond motifs is 2. The molecule has 0 amide bonds. The fourth-order valence-electron chi connectivity index (χ4n) is 5.36. The van der Waals surface area contributed by atoms with Gasteiger partial charge in [0.25, 0.3) is 0 Å². The summed E-state index contributed by atoms with van der Waals surface area (Å²) in [4.78, 5) is 6.91. The second kappa shape index (κ2) is 9.80. The highest BCUT2D eigenvalue weighted by Crippen LogP contribution is 2.42. The van der Waals surface area contributed by atoms with E-state index in [1.807, 2.05) is 35.6 Å². The first-order chi connectivity index (χ1) is 17.6. The first-order valence-corrected chi connectivity index (χ1v) is 12.8. The Morgan fingerprint density at radius 3 is 2.78 bits per heavy atom. The molecular formula is C27H30ClN7O. The zero-order valence-electron chi connectivity index (χ0n) is 20.3. The predicted octanol–water partition coefficient (Wildman–Crippen LogP) is 4.01. The molecule has 3 aromatic rings. The number of rotatable bonds is 6. The van der Waals surface area contributed by atoms with E-state index in [0.29, 0.717) is 5.02 Å². The van der Waals surface area contributed by atoms with Crippen LogP contribution < -0.4 is 5.73 Å². The molecule has 0 aliphatic carbocycles. The van der Waals surface area contributed by atoms with Crippen LogP contribution in [0.15, 0.2) is 71.8 Å². The van der Waals surface area contributed by atoms with Crippen molar-refractivity contribution in [1.29, 1.82) is 0 Å². The van der Waals surface area contributed by atoms with Crippen molar-refractivity contribution in [2.24, 2.45) is 10.7 Å². The van der Waals surface area contributed by atoms with E-state index >= 15 is 0 Å². The third kappa shape index (κ3) is 4.15. The molecule has 3 aliphatic rings. The largest absolute Gasteiger partial charge is 0.379 e. The van der Waals surface area contributed by atoms with Crippen molar-refractivity contribution in [1.82, 2.24) is 24.7 Å². The van der Waals surface area contributed by atoms with Gasteiger partial charge in [0.05, 0.1) is 48.7 Å². The van der Waals surface area contributed by atoms with Gasteiger partial charge in [-0.3, -0.25) is 14.6 Å². The molecule has 0 radical (unpaired) electrons. The van der Waals surface area contributed by atoms with Gasteiger partial charge in [-0.05, 0) is 36.3 Å². The Morgan fingerprint density at radius 2 is 1.97 bits per heavy atom. The lowest BCUT2D eigenvalue weighted by molar-refractivity contribution is 0.00929. The molecule has 0 bridgehead atoms. The number of aliphatic imine (C=N–C) groups is 1. The van der Waals surface area contributed by atoms with Gasteiger partial charge in [-0.2, -0.15) is 10.1 Å². The van der Waals surface area contributed by atoms with Gasteiger partial charge in [-0.25, -0.2) is 4.99 Å². The molecular weight excluding hydrogens is 474 g/mol. The highest BCUT2D eigenvalue weighted by atomic mass is 35.5. The summed E-state index contributed by atoms with van der Waals surface area (Å²) in [6, 6.07) is 12.5. The van der Waals surface area contributed by atoms with Crippen LogP contribution in [-0.4, -0.2) is 69.9 Å². The quantitative estimate of drug-likeness (QED) is 0.548. The third-order valence-corrected chi connectivity index (χ3v) is 7.49. The third-order valence-electron chi connectivity index (χ3n) is 7.17. The van der Waals surface area contributed by atoms with Gasteiger partial charge < -0.3 is 10.5 Å². The number of hydrazine groups is 1. The molecule has 1 fully saturated rings. The first kappa shape index (κ1) is 23.4. The molecule has 3 aliphatic heterocycles. The monoisotopic (exact) mass is 503 g/mol. The van der Waals surface area contributed by atoms with Crippen LogP contribution in [0.5, 0.6) is 0 Å². The van der Waals surface area contributed by atoms with Gasteiger partial charge in [0.15, 0.2) is 0 Å².